The van der Waals surface area contributed by atoms with Gasteiger partial charge in [0, 0.05) is 37.2 Å². The summed E-state index contributed by atoms with van der Waals surface area (Å²) in [7, 11) is 1.73. The zero-order valence-electron chi connectivity index (χ0n) is 15.4. The molecule has 0 bridgehead atoms. The third kappa shape index (κ3) is 3.57. The van der Waals surface area contributed by atoms with E-state index in [1.54, 1.807) is 36.4 Å². The minimum Gasteiger partial charge on any atom is -0.484 e. The van der Waals surface area contributed by atoms with E-state index in [4.69, 9.17) is 9.47 Å². The lowest BCUT2D eigenvalue weighted by atomic mass is 10.2. The molecule has 0 atom stereocenters. The van der Waals surface area contributed by atoms with Crippen molar-refractivity contribution in [1.29, 1.82) is 0 Å². The second kappa shape index (κ2) is 7.92. The quantitative estimate of drug-likeness (QED) is 0.518. The molecule has 0 radical (unpaired) electrons. The van der Waals surface area contributed by atoms with Gasteiger partial charge in [-0.05, 0) is 47.5 Å². The van der Waals surface area contributed by atoms with Crippen LogP contribution in [0.3, 0.4) is 0 Å². The Kier molecular flexibility index (Phi) is 5.01. The number of aromatic nitrogens is 3. The van der Waals surface area contributed by atoms with Crippen LogP contribution in [0, 0.1) is 0 Å². The number of fused-ring (bicyclic) bond motifs is 1. The van der Waals surface area contributed by atoms with Crippen LogP contribution in [-0.4, -0.2) is 14.5 Å². The zero-order chi connectivity index (χ0) is 19.3. The highest BCUT2D eigenvalue weighted by Gasteiger charge is 2.18. The molecule has 3 heterocycles. The zero-order valence-corrected chi connectivity index (χ0v) is 15.4. The Morgan fingerprint density at radius 3 is 1.93 bits per heavy atom. The number of ether oxygens (including phenoxy) is 2. The summed E-state index contributed by atoms with van der Waals surface area (Å²) in [6.07, 6.45) is 6.80. The van der Waals surface area contributed by atoms with Crippen LogP contribution in [0.15, 0.2) is 78.1 Å². The van der Waals surface area contributed by atoms with E-state index in [2.05, 4.69) is 9.97 Å². The molecule has 0 aliphatic carbocycles. The van der Waals surface area contributed by atoms with Gasteiger partial charge in [0.15, 0.2) is 5.75 Å². The summed E-state index contributed by atoms with van der Waals surface area (Å²) in [6, 6.07) is 15.1. The molecule has 0 saturated heterocycles. The van der Waals surface area contributed by atoms with Gasteiger partial charge in [-0.25, -0.2) is 0 Å². The van der Waals surface area contributed by atoms with Crippen molar-refractivity contribution in [2.45, 2.75) is 13.2 Å². The minimum absolute atomic E-state index is 0.201. The first-order valence-electron chi connectivity index (χ1n) is 8.89. The molecule has 0 spiro atoms. The fourth-order valence-electron chi connectivity index (χ4n) is 2.98. The smallest absolute Gasteiger partial charge is 0.297 e. The van der Waals surface area contributed by atoms with Crippen LogP contribution >= 0.6 is 0 Å². The summed E-state index contributed by atoms with van der Waals surface area (Å²) in [5.74, 6) is 0.650. The lowest BCUT2D eigenvalue weighted by molar-refractivity contribution is 0.254. The predicted molar refractivity (Wildman–Crippen MR) is 106 cm³/mol. The van der Waals surface area contributed by atoms with Crippen molar-refractivity contribution in [3.8, 4) is 11.5 Å². The average molecular weight is 373 g/mol. The first-order chi connectivity index (χ1) is 13.7. The Hall–Kier alpha value is -3.67. The van der Waals surface area contributed by atoms with E-state index in [1.807, 2.05) is 48.5 Å². The third-order valence-electron chi connectivity index (χ3n) is 4.48. The average Bonchev–Trinajstić information content (AvgIpc) is 2.76. The Balaban J connectivity index is 1.75. The maximum absolute atomic E-state index is 13.0. The van der Waals surface area contributed by atoms with E-state index >= 15 is 0 Å². The molecule has 1 aromatic carbocycles. The number of pyridine rings is 3. The van der Waals surface area contributed by atoms with Crippen LogP contribution in [-0.2, 0) is 20.3 Å². The standard InChI is InChI=1S/C22H19N3O3/c1-25-19-5-3-2-4-18(19)20(27-14-16-6-10-23-11-7-16)21(22(25)26)28-15-17-8-12-24-13-9-17/h2-13H,14-15H2,1H3. The lowest BCUT2D eigenvalue weighted by Gasteiger charge is -2.17. The van der Waals surface area contributed by atoms with E-state index in [1.165, 1.54) is 0 Å². The van der Waals surface area contributed by atoms with Gasteiger partial charge < -0.3 is 14.0 Å². The van der Waals surface area contributed by atoms with Gasteiger partial charge in [0.05, 0.1) is 5.52 Å². The molecule has 0 amide bonds. The summed E-state index contributed by atoms with van der Waals surface area (Å²) in [5.41, 5.74) is 2.43. The van der Waals surface area contributed by atoms with Crippen molar-refractivity contribution in [2.24, 2.45) is 7.05 Å². The molecule has 28 heavy (non-hydrogen) atoms. The molecule has 140 valence electrons. The first kappa shape index (κ1) is 17.7. The van der Waals surface area contributed by atoms with Crippen molar-refractivity contribution in [2.75, 3.05) is 0 Å². The molecule has 0 aliphatic heterocycles. The van der Waals surface area contributed by atoms with Crippen molar-refractivity contribution < 1.29 is 9.47 Å². The number of benzene rings is 1. The number of nitrogens with zero attached hydrogens (tertiary/aromatic N) is 3. The second-order valence-corrected chi connectivity index (χ2v) is 6.33. The van der Waals surface area contributed by atoms with Gasteiger partial charge in [0.25, 0.3) is 5.56 Å². The summed E-state index contributed by atoms with van der Waals surface area (Å²) < 4.78 is 13.6. The molecular formula is C22H19N3O3. The fraction of sp³-hybridized carbons (Fsp3) is 0.136. The number of hydrogen-bond acceptors (Lipinski definition) is 5. The molecular weight excluding hydrogens is 354 g/mol. The van der Waals surface area contributed by atoms with E-state index in [0.717, 1.165) is 22.0 Å². The van der Waals surface area contributed by atoms with E-state index in [9.17, 15) is 4.79 Å². The highest BCUT2D eigenvalue weighted by molar-refractivity contribution is 5.87. The molecule has 0 N–H and O–H groups in total. The Morgan fingerprint density at radius 1 is 0.786 bits per heavy atom. The first-order valence-corrected chi connectivity index (χ1v) is 8.89. The van der Waals surface area contributed by atoms with Gasteiger partial charge >= 0.3 is 0 Å². The van der Waals surface area contributed by atoms with Gasteiger partial charge in [-0.15, -0.1) is 0 Å². The van der Waals surface area contributed by atoms with Gasteiger partial charge in [-0.2, -0.15) is 0 Å². The molecule has 0 saturated carbocycles. The molecule has 6 nitrogen and oxygen atoms in total. The Bertz CT molecular complexity index is 1140. The number of aryl methyl sites for hydroxylation is 1. The monoisotopic (exact) mass is 373 g/mol. The van der Waals surface area contributed by atoms with Gasteiger partial charge in [-0.1, -0.05) is 12.1 Å². The largest absolute Gasteiger partial charge is 0.484 e. The lowest BCUT2D eigenvalue weighted by Crippen LogP contribution is -2.21. The van der Waals surface area contributed by atoms with Crippen LogP contribution < -0.4 is 15.0 Å². The highest BCUT2D eigenvalue weighted by atomic mass is 16.5. The van der Waals surface area contributed by atoms with Crippen LogP contribution in [0.5, 0.6) is 11.5 Å². The Labute approximate surface area is 162 Å². The second-order valence-electron chi connectivity index (χ2n) is 6.33. The SMILES string of the molecule is Cn1c(=O)c(OCc2ccncc2)c(OCc2ccncc2)c2ccccc21. The van der Waals surface area contributed by atoms with Crippen LogP contribution in [0.4, 0.5) is 0 Å². The van der Waals surface area contributed by atoms with E-state index in [-0.39, 0.29) is 17.9 Å². The van der Waals surface area contributed by atoms with Crippen molar-refractivity contribution in [3.05, 3.63) is 94.8 Å². The predicted octanol–water partition coefficient (Wildman–Crippen LogP) is 3.49. The molecule has 0 fully saturated rings. The molecule has 4 rings (SSSR count). The van der Waals surface area contributed by atoms with Crippen LogP contribution in [0.1, 0.15) is 11.1 Å². The summed E-state index contributed by atoms with van der Waals surface area (Å²) >= 11 is 0. The summed E-state index contributed by atoms with van der Waals surface area (Å²) in [4.78, 5) is 21.0. The Morgan fingerprint density at radius 2 is 1.32 bits per heavy atom. The van der Waals surface area contributed by atoms with E-state index < -0.39 is 0 Å². The molecule has 0 unspecified atom stereocenters. The van der Waals surface area contributed by atoms with Crippen LogP contribution in [0.25, 0.3) is 10.9 Å². The fourth-order valence-corrected chi connectivity index (χ4v) is 2.98. The van der Waals surface area contributed by atoms with Crippen LogP contribution in [0.2, 0.25) is 0 Å². The summed E-state index contributed by atoms with van der Waals surface area (Å²) in [6.45, 7) is 0.563. The molecule has 3 aromatic heterocycles. The molecule has 6 heteroatoms. The number of hydrogen-bond donors (Lipinski definition) is 0. The van der Waals surface area contributed by atoms with Crippen molar-refractivity contribution in [1.82, 2.24) is 14.5 Å². The topological polar surface area (TPSA) is 66.2 Å². The molecule has 4 aromatic rings. The number of rotatable bonds is 6. The molecule has 0 aliphatic rings. The highest BCUT2D eigenvalue weighted by Crippen LogP contribution is 2.33. The van der Waals surface area contributed by atoms with Gasteiger partial charge in [0.1, 0.15) is 13.2 Å². The number of para-hydroxylation sites is 1. The normalized spacial score (nSPS) is 10.8. The van der Waals surface area contributed by atoms with Crippen molar-refractivity contribution >= 4 is 10.9 Å². The maximum atomic E-state index is 13.0. The minimum atomic E-state index is -0.238. The van der Waals surface area contributed by atoms with Gasteiger partial charge in [-0.3, -0.25) is 14.8 Å². The third-order valence-corrected chi connectivity index (χ3v) is 4.48. The van der Waals surface area contributed by atoms with Gasteiger partial charge in [0.2, 0.25) is 5.75 Å². The maximum Gasteiger partial charge on any atom is 0.297 e. The van der Waals surface area contributed by atoms with E-state index in [0.29, 0.717) is 12.4 Å². The van der Waals surface area contributed by atoms with Crippen molar-refractivity contribution in [3.63, 3.8) is 0 Å². The summed E-state index contributed by atoms with van der Waals surface area (Å²) in [5, 5.41) is 0.823.